The Morgan fingerprint density at radius 3 is 2.67 bits per heavy atom. The van der Waals surface area contributed by atoms with Gasteiger partial charge in [-0.15, -0.1) is 0 Å². The summed E-state index contributed by atoms with van der Waals surface area (Å²) >= 11 is 0. The van der Waals surface area contributed by atoms with E-state index in [4.69, 9.17) is 5.73 Å². The van der Waals surface area contributed by atoms with Gasteiger partial charge in [0.25, 0.3) is 0 Å². The molecular formula is C12H16FNO. The lowest BCUT2D eigenvalue weighted by Crippen LogP contribution is -2.05. The number of hydrogen-bond donors (Lipinski definition) is 2. The van der Waals surface area contributed by atoms with Crippen LogP contribution in [0.2, 0.25) is 0 Å². The highest BCUT2D eigenvalue weighted by molar-refractivity contribution is 5.42. The molecule has 2 nitrogen and oxygen atoms in total. The molecule has 3 N–H and O–H groups in total. The molecule has 0 amide bonds. The molecular weight excluding hydrogens is 193 g/mol. The van der Waals surface area contributed by atoms with Crippen molar-refractivity contribution in [1.82, 2.24) is 0 Å². The quantitative estimate of drug-likeness (QED) is 0.784. The van der Waals surface area contributed by atoms with Crippen molar-refractivity contribution in [3.63, 3.8) is 0 Å². The van der Waals surface area contributed by atoms with Gasteiger partial charge in [0.15, 0.2) is 11.6 Å². The van der Waals surface area contributed by atoms with Crippen LogP contribution in [-0.2, 0) is 0 Å². The molecule has 0 heterocycles. The third-order valence-corrected chi connectivity index (χ3v) is 3.66. The molecule has 15 heavy (non-hydrogen) atoms. The Bertz CT molecular complexity index is 389. The Kier molecular flexibility index (Phi) is 2.23. The SMILES string of the molecule is CC1(C)[C@@H](CN)[C@@H]1c1cccc(F)c1O. The summed E-state index contributed by atoms with van der Waals surface area (Å²) < 4.78 is 13.2. The first kappa shape index (κ1) is 10.4. The minimum absolute atomic E-state index is 0.0695. The van der Waals surface area contributed by atoms with E-state index in [2.05, 4.69) is 13.8 Å². The molecule has 2 atom stereocenters. The van der Waals surface area contributed by atoms with Crippen molar-refractivity contribution in [3.8, 4) is 5.75 Å². The lowest BCUT2D eigenvalue weighted by Gasteiger charge is -2.06. The molecule has 82 valence electrons. The molecule has 0 bridgehead atoms. The summed E-state index contributed by atoms with van der Waals surface area (Å²) in [4.78, 5) is 0. The van der Waals surface area contributed by atoms with E-state index in [1.165, 1.54) is 6.07 Å². The van der Waals surface area contributed by atoms with Crippen LogP contribution in [0.15, 0.2) is 18.2 Å². The van der Waals surface area contributed by atoms with E-state index >= 15 is 0 Å². The van der Waals surface area contributed by atoms with Gasteiger partial charge in [-0.25, -0.2) is 4.39 Å². The minimum atomic E-state index is -0.550. The third kappa shape index (κ3) is 1.42. The number of halogens is 1. The predicted octanol–water partition coefficient (Wildman–Crippen LogP) is 2.23. The summed E-state index contributed by atoms with van der Waals surface area (Å²) in [5.41, 5.74) is 6.41. The molecule has 1 aliphatic carbocycles. The number of phenols is 1. The highest BCUT2D eigenvalue weighted by atomic mass is 19.1. The minimum Gasteiger partial charge on any atom is -0.505 e. The third-order valence-electron chi connectivity index (χ3n) is 3.66. The fraction of sp³-hybridized carbons (Fsp3) is 0.500. The molecule has 1 aromatic carbocycles. The normalized spacial score (nSPS) is 27.7. The van der Waals surface area contributed by atoms with Crippen molar-refractivity contribution >= 4 is 0 Å². The van der Waals surface area contributed by atoms with Gasteiger partial charge in [-0.2, -0.15) is 0 Å². The summed E-state index contributed by atoms with van der Waals surface area (Å²) in [5, 5.41) is 9.64. The molecule has 2 rings (SSSR count). The summed E-state index contributed by atoms with van der Waals surface area (Å²) in [6.07, 6.45) is 0. The van der Waals surface area contributed by atoms with E-state index in [1.54, 1.807) is 12.1 Å². The predicted molar refractivity (Wildman–Crippen MR) is 57.1 cm³/mol. The maximum absolute atomic E-state index is 13.2. The van der Waals surface area contributed by atoms with Gasteiger partial charge < -0.3 is 10.8 Å². The van der Waals surface area contributed by atoms with Crippen LogP contribution in [-0.4, -0.2) is 11.7 Å². The van der Waals surface area contributed by atoms with Crippen molar-refractivity contribution in [2.45, 2.75) is 19.8 Å². The fourth-order valence-corrected chi connectivity index (χ4v) is 2.58. The topological polar surface area (TPSA) is 46.2 Å². The van der Waals surface area contributed by atoms with Crippen molar-refractivity contribution < 1.29 is 9.50 Å². The first-order valence-electron chi connectivity index (χ1n) is 5.17. The lowest BCUT2D eigenvalue weighted by molar-refractivity contribution is 0.423. The Morgan fingerprint density at radius 2 is 2.13 bits per heavy atom. The first-order valence-corrected chi connectivity index (χ1v) is 5.17. The second kappa shape index (κ2) is 3.20. The number of para-hydroxylation sites is 1. The Hall–Kier alpha value is -1.09. The largest absolute Gasteiger partial charge is 0.505 e. The molecule has 1 aromatic rings. The van der Waals surface area contributed by atoms with E-state index < -0.39 is 5.82 Å². The van der Waals surface area contributed by atoms with Crippen molar-refractivity contribution in [2.24, 2.45) is 17.1 Å². The number of benzene rings is 1. The smallest absolute Gasteiger partial charge is 0.165 e. The molecule has 1 saturated carbocycles. The van der Waals surface area contributed by atoms with E-state index in [-0.39, 0.29) is 17.1 Å². The average molecular weight is 209 g/mol. The van der Waals surface area contributed by atoms with Crippen LogP contribution in [0.25, 0.3) is 0 Å². The van der Waals surface area contributed by atoms with E-state index in [9.17, 15) is 9.50 Å². The van der Waals surface area contributed by atoms with E-state index in [1.807, 2.05) is 0 Å². The molecule has 0 saturated heterocycles. The van der Waals surface area contributed by atoms with Crippen LogP contribution in [0.4, 0.5) is 4.39 Å². The fourth-order valence-electron chi connectivity index (χ4n) is 2.58. The van der Waals surface area contributed by atoms with E-state index in [0.717, 1.165) is 0 Å². The van der Waals surface area contributed by atoms with Gasteiger partial charge >= 0.3 is 0 Å². The number of phenolic OH excluding ortho intramolecular Hbond substituents is 1. The molecule has 1 fully saturated rings. The van der Waals surface area contributed by atoms with Gasteiger partial charge in [-0.05, 0) is 29.9 Å². The summed E-state index contributed by atoms with van der Waals surface area (Å²) in [6.45, 7) is 4.77. The molecule has 3 heteroatoms. The summed E-state index contributed by atoms with van der Waals surface area (Å²) in [6, 6.07) is 4.68. The van der Waals surface area contributed by atoms with Crippen molar-refractivity contribution in [2.75, 3.05) is 6.54 Å². The molecule has 0 radical (unpaired) electrons. The van der Waals surface area contributed by atoms with Gasteiger partial charge in [0.05, 0.1) is 0 Å². The maximum Gasteiger partial charge on any atom is 0.165 e. The molecule has 0 aliphatic heterocycles. The lowest BCUT2D eigenvalue weighted by atomic mass is 10.0. The number of nitrogens with two attached hydrogens (primary N) is 1. The van der Waals surface area contributed by atoms with E-state index in [0.29, 0.717) is 18.0 Å². The molecule has 1 aliphatic rings. The van der Waals surface area contributed by atoms with Crippen molar-refractivity contribution in [3.05, 3.63) is 29.6 Å². The van der Waals surface area contributed by atoms with Crippen molar-refractivity contribution in [1.29, 1.82) is 0 Å². The monoisotopic (exact) mass is 209 g/mol. The number of rotatable bonds is 2. The summed E-state index contributed by atoms with van der Waals surface area (Å²) in [7, 11) is 0. The Morgan fingerprint density at radius 1 is 1.47 bits per heavy atom. The van der Waals surface area contributed by atoms with Crippen LogP contribution in [0, 0.1) is 17.2 Å². The maximum atomic E-state index is 13.2. The standard InChI is InChI=1S/C12H16FNO/c1-12(2)8(6-14)10(12)7-4-3-5-9(13)11(7)15/h3-5,8,10,15H,6,14H2,1-2H3/t8-,10-/m0/s1. The molecule has 0 unspecified atom stereocenters. The second-order valence-corrected chi connectivity index (χ2v) is 4.82. The van der Waals surface area contributed by atoms with Gasteiger partial charge in [0.1, 0.15) is 0 Å². The van der Waals surface area contributed by atoms with Crippen LogP contribution in [0.3, 0.4) is 0 Å². The van der Waals surface area contributed by atoms with Crippen LogP contribution in [0.1, 0.15) is 25.3 Å². The van der Waals surface area contributed by atoms with Crippen LogP contribution in [0.5, 0.6) is 5.75 Å². The van der Waals surface area contributed by atoms with Crippen LogP contribution >= 0.6 is 0 Å². The highest BCUT2D eigenvalue weighted by Gasteiger charge is 2.58. The molecule has 0 aromatic heterocycles. The molecule has 0 spiro atoms. The van der Waals surface area contributed by atoms with Gasteiger partial charge in [-0.1, -0.05) is 26.0 Å². The van der Waals surface area contributed by atoms with Gasteiger partial charge in [-0.3, -0.25) is 0 Å². The Balaban J connectivity index is 2.37. The Labute approximate surface area is 88.9 Å². The second-order valence-electron chi connectivity index (χ2n) is 4.82. The first-order chi connectivity index (χ1) is 7.00. The number of aromatic hydroxyl groups is 1. The zero-order valence-electron chi connectivity index (χ0n) is 9.00. The zero-order valence-corrected chi connectivity index (χ0v) is 9.00. The van der Waals surface area contributed by atoms with Gasteiger partial charge in [0, 0.05) is 5.56 Å². The average Bonchev–Trinajstić information content (AvgIpc) is 2.73. The highest BCUT2D eigenvalue weighted by Crippen LogP contribution is 2.65. The van der Waals surface area contributed by atoms with Crippen LogP contribution < -0.4 is 5.73 Å². The van der Waals surface area contributed by atoms with Gasteiger partial charge in [0.2, 0.25) is 0 Å². The summed E-state index contributed by atoms with van der Waals surface area (Å²) in [5.74, 6) is -0.249. The zero-order chi connectivity index (χ0) is 11.2. The number of hydrogen-bond acceptors (Lipinski definition) is 2.